The predicted octanol–water partition coefficient (Wildman–Crippen LogP) is -0.674. The number of esters is 1. The molecular weight excluding hydrogens is 455 g/mol. The van der Waals surface area contributed by atoms with Gasteiger partial charge in [-0.1, -0.05) is 0 Å². The van der Waals surface area contributed by atoms with Crippen molar-refractivity contribution >= 4 is 42.1 Å². The molecule has 4 nitrogen and oxygen atoms in total. The Hall–Kier alpha value is -0.461. The van der Waals surface area contributed by atoms with E-state index in [-0.39, 0.29) is 32.7 Å². The molecular formula is C15H16BrClFNO3Se. The molecule has 1 fully saturated rings. The van der Waals surface area contributed by atoms with Crippen LogP contribution in [0.1, 0.15) is 46.9 Å². The van der Waals surface area contributed by atoms with Gasteiger partial charge in [0.05, 0.1) is 0 Å². The molecule has 0 bridgehead atoms. The van der Waals surface area contributed by atoms with Crippen LogP contribution in [-0.2, 0) is 10.3 Å². The molecule has 0 amide bonds. The van der Waals surface area contributed by atoms with Crippen LogP contribution in [0, 0.1) is 5.82 Å². The maximum atomic E-state index is 14.1. The fourth-order valence-corrected chi connectivity index (χ4v) is 6.63. The van der Waals surface area contributed by atoms with Crippen LogP contribution in [0.4, 0.5) is 4.39 Å². The van der Waals surface area contributed by atoms with Crippen LogP contribution in [0.2, 0.25) is 0 Å². The van der Waals surface area contributed by atoms with E-state index in [2.05, 4.69) is 20.7 Å². The van der Waals surface area contributed by atoms with Gasteiger partial charge in [-0.05, 0) is 0 Å². The first-order valence-corrected chi connectivity index (χ1v) is 9.53. The fourth-order valence-electron chi connectivity index (χ4n) is 2.92. The zero-order chi connectivity index (χ0) is 15.9. The second-order valence-electron chi connectivity index (χ2n) is 5.56. The molecule has 0 aliphatic heterocycles. The zero-order valence-corrected chi connectivity index (χ0v) is 16.5. The van der Waals surface area contributed by atoms with Crippen LogP contribution in [0.3, 0.4) is 0 Å². The second-order valence-corrected chi connectivity index (χ2v) is 8.42. The summed E-state index contributed by atoms with van der Waals surface area (Å²) in [6, 6.07) is 1.49. The van der Waals surface area contributed by atoms with Crippen molar-refractivity contribution < 1.29 is 34.8 Å². The van der Waals surface area contributed by atoms with Crippen molar-refractivity contribution in [1.82, 2.24) is 0 Å². The van der Waals surface area contributed by atoms with Gasteiger partial charge in [-0.2, -0.15) is 0 Å². The molecule has 0 aromatic carbocycles. The van der Waals surface area contributed by atoms with Crippen molar-refractivity contribution in [1.29, 1.82) is 0 Å². The largest absolute Gasteiger partial charge is 1.00 e. The minimum absolute atomic E-state index is 0. The first-order valence-electron chi connectivity index (χ1n) is 7.11. The number of aliphatic hydroxyl groups is 1. The Morgan fingerprint density at radius 3 is 2.70 bits per heavy atom. The Kier molecular flexibility index (Phi) is 5.90. The number of carbonyl (C=O) groups excluding carboxylic acids is 1. The minimum Gasteiger partial charge on any atom is -1.00 e. The van der Waals surface area contributed by atoms with Crippen molar-refractivity contribution in [3.63, 3.8) is 0 Å². The van der Waals surface area contributed by atoms with Gasteiger partial charge in [0.15, 0.2) is 0 Å². The molecule has 3 rings (SSSR count). The number of aromatic nitrogens is 1. The molecule has 1 saturated carbocycles. The van der Waals surface area contributed by atoms with E-state index in [1.165, 1.54) is 19.4 Å². The van der Waals surface area contributed by atoms with Crippen LogP contribution in [0.5, 0.6) is 0 Å². The van der Waals surface area contributed by atoms with Gasteiger partial charge in [-0.15, -0.1) is 0 Å². The average molecular weight is 472 g/mol. The molecule has 1 aliphatic carbocycles. The number of fused-ring (bicyclic) bond motifs is 1. The molecule has 2 heterocycles. The number of methoxy groups -OCH3 is 1. The SMILES string of the molecule is COC(=O)c1cc2c(Br)c(C3(O)CCCCC3)[se][n+]2cc1F.[Cl-]. The van der Waals surface area contributed by atoms with Gasteiger partial charge in [0, 0.05) is 0 Å². The molecule has 2 aromatic heterocycles. The number of nitrogens with zero attached hydrogens (tertiary/aromatic N) is 1. The van der Waals surface area contributed by atoms with Gasteiger partial charge >= 0.3 is 142 Å². The number of pyridine rings is 1. The van der Waals surface area contributed by atoms with E-state index in [1.54, 1.807) is 3.40 Å². The number of hydrogen-bond donors (Lipinski definition) is 1. The van der Waals surface area contributed by atoms with Gasteiger partial charge in [0.25, 0.3) is 0 Å². The second kappa shape index (κ2) is 7.19. The minimum atomic E-state index is -0.814. The Bertz CT molecular complexity index is 746. The van der Waals surface area contributed by atoms with E-state index in [1.807, 2.05) is 0 Å². The van der Waals surface area contributed by atoms with Crippen molar-refractivity contribution in [2.24, 2.45) is 0 Å². The average Bonchev–Trinajstić information content (AvgIpc) is 2.83. The number of ether oxygens (including phenoxy) is 1. The van der Waals surface area contributed by atoms with Gasteiger partial charge in [-0.25, -0.2) is 0 Å². The summed E-state index contributed by atoms with van der Waals surface area (Å²) in [6.07, 6.45) is 5.93. The molecule has 23 heavy (non-hydrogen) atoms. The summed E-state index contributed by atoms with van der Waals surface area (Å²) < 4.78 is 22.2. The summed E-state index contributed by atoms with van der Waals surface area (Å²) in [4.78, 5) is 11.6. The summed E-state index contributed by atoms with van der Waals surface area (Å²) in [7, 11) is 1.23. The molecule has 0 atom stereocenters. The van der Waals surface area contributed by atoms with E-state index in [4.69, 9.17) is 0 Å². The van der Waals surface area contributed by atoms with E-state index < -0.39 is 17.4 Å². The third-order valence-electron chi connectivity index (χ3n) is 4.13. The van der Waals surface area contributed by atoms with E-state index in [0.717, 1.165) is 46.5 Å². The maximum Gasteiger partial charge on any atom is -1.00 e. The first kappa shape index (κ1) is 18.9. The molecule has 0 unspecified atom stereocenters. The summed E-state index contributed by atoms with van der Waals surface area (Å²) >= 11 is 3.33. The van der Waals surface area contributed by atoms with Crippen molar-refractivity contribution in [3.05, 3.63) is 32.6 Å². The Morgan fingerprint density at radius 1 is 1.43 bits per heavy atom. The Labute approximate surface area is 154 Å². The summed E-state index contributed by atoms with van der Waals surface area (Å²) in [6.45, 7) is 0. The molecule has 0 radical (unpaired) electrons. The van der Waals surface area contributed by atoms with Crippen LogP contribution >= 0.6 is 15.9 Å². The van der Waals surface area contributed by atoms with Crippen LogP contribution in [-0.4, -0.2) is 32.9 Å². The van der Waals surface area contributed by atoms with Gasteiger partial charge in [0.1, 0.15) is 0 Å². The van der Waals surface area contributed by atoms with Gasteiger partial charge in [0.2, 0.25) is 0 Å². The van der Waals surface area contributed by atoms with Crippen LogP contribution < -0.4 is 15.8 Å². The van der Waals surface area contributed by atoms with Gasteiger partial charge < -0.3 is 12.4 Å². The summed E-state index contributed by atoms with van der Waals surface area (Å²) in [5, 5.41) is 10.9. The fraction of sp³-hybridized carbons (Fsp3) is 0.467. The molecule has 126 valence electrons. The monoisotopic (exact) mass is 471 g/mol. The molecule has 1 N–H and O–H groups in total. The van der Waals surface area contributed by atoms with Gasteiger partial charge in [-0.3, -0.25) is 0 Å². The molecule has 1 aliphatic rings. The first-order chi connectivity index (χ1) is 10.5. The number of halogens is 3. The summed E-state index contributed by atoms with van der Waals surface area (Å²) in [5.74, 6) is -1.30. The van der Waals surface area contributed by atoms with Crippen molar-refractivity contribution in [2.75, 3.05) is 7.11 Å². The van der Waals surface area contributed by atoms with E-state index >= 15 is 0 Å². The standard InChI is InChI=1S/C15H16BrFNO3Se.ClH/c1-21-14(19)9-7-11-12(16)13(22-18(11)8-10(9)17)15(20)5-3-2-4-6-15;/h7-8,20H,2-6H2,1H3;1H/q+1;/p-1. The topological polar surface area (TPSA) is 50.6 Å². The van der Waals surface area contributed by atoms with E-state index in [0.29, 0.717) is 0 Å². The van der Waals surface area contributed by atoms with Crippen molar-refractivity contribution in [2.45, 2.75) is 37.7 Å². The Morgan fingerprint density at radius 2 is 2.09 bits per heavy atom. The maximum absolute atomic E-state index is 14.1. The third-order valence-corrected chi connectivity index (χ3v) is 8.18. The molecule has 0 spiro atoms. The third kappa shape index (κ3) is 3.35. The molecule has 2 aromatic rings. The van der Waals surface area contributed by atoms with Crippen LogP contribution in [0.15, 0.2) is 16.7 Å². The smallest absolute Gasteiger partial charge is 1.00 e. The summed E-state index contributed by atoms with van der Waals surface area (Å²) in [5.41, 5.74) is -0.181. The Balaban J connectivity index is 0.00000192. The number of hydrogen-bond acceptors (Lipinski definition) is 3. The predicted molar refractivity (Wildman–Crippen MR) is 82.5 cm³/mol. The number of rotatable bonds is 2. The quantitative estimate of drug-likeness (QED) is 0.467. The van der Waals surface area contributed by atoms with Crippen molar-refractivity contribution in [3.8, 4) is 0 Å². The normalized spacial score (nSPS) is 16.9. The molecule has 8 heteroatoms. The van der Waals surface area contributed by atoms with Crippen LogP contribution in [0.25, 0.3) is 5.52 Å². The number of carbonyl (C=O) groups is 1. The zero-order valence-electron chi connectivity index (χ0n) is 12.4. The van der Waals surface area contributed by atoms with E-state index in [9.17, 15) is 14.3 Å². The molecule has 0 saturated heterocycles.